The van der Waals surface area contributed by atoms with Crippen LogP contribution < -0.4 is 4.90 Å². The van der Waals surface area contributed by atoms with Crippen molar-refractivity contribution in [1.82, 2.24) is 0 Å². The summed E-state index contributed by atoms with van der Waals surface area (Å²) in [6.07, 6.45) is 1.92. The van der Waals surface area contributed by atoms with Crippen LogP contribution in [0.15, 0.2) is 47.4 Å². The number of thioether (sulfide) groups is 1. The second-order valence-corrected chi connectivity index (χ2v) is 8.30. The van der Waals surface area contributed by atoms with Gasteiger partial charge in [0.25, 0.3) is 5.91 Å². The molecule has 0 spiro atoms. The predicted octanol–water partition coefficient (Wildman–Crippen LogP) is 5.83. The largest absolute Gasteiger partial charge is 0.270 e. The van der Waals surface area contributed by atoms with Crippen molar-refractivity contribution < 1.29 is 4.79 Å². The number of rotatable bonds is 3. The van der Waals surface area contributed by atoms with E-state index in [1.54, 1.807) is 4.90 Å². The van der Waals surface area contributed by atoms with Gasteiger partial charge in [0.15, 0.2) is 4.32 Å². The molecule has 4 heteroatoms. The number of hydrogen-bond acceptors (Lipinski definition) is 3. The maximum absolute atomic E-state index is 12.9. The van der Waals surface area contributed by atoms with E-state index in [0.717, 1.165) is 16.8 Å². The summed E-state index contributed by atoms with van der Waals surface area (Å²) in [5.41, 5.74) is 5.41. The van der Waals surface area contributed by atoms with Crippen LogP contribution >= 0.6 is 24.0 Å². The first-order chi connectivity index (χ1) is 11.9. The average molecular weight is 368 g/mol. The Morgan fingerprint density at radius 1 is 1.08 bits per heavy atom. The molecule has 1 saturated heterocycles. The molecular weight excluding hydrogens is 346 g/mol. The van der Waals surface area contributed by atoms with Crippen molar-refractivity contribution in [2.75, 3.05) is 4.90 Å². The van der Waals surface area contributed by atoms with Gasteiger partial charge in [-0.25, -0.2) is 0 Å². The molecule has 2 nitrogen and oxygen atoms in total. The molecule has 0 aliphatic carbocycles. The zero-order valence-corrected chi connectivity index (χ0v) is 16.5. The molecular formula is C21H21NOS2. The quantitative estimate of drug-likeness (QED) is 0.503. The van der Waals surface area contributed by atoms with Crippen LogP contribution in [-0.2, 0) is 4.79 Å². The number of hydrogen-bond donors (Lipinski definition) is 0. The molecule has 0 bridgehead atoms. The molecule has 2 aromatic rings. The SMILES string of the molecule is Cc1ccc(N2C(=O)/C(=C/c3ccc(C(C)C)cc3)SC2=S)c(C)c1. The summed E-state index contributed by atoms with van der Waals surface area (Å²) in [4.78, 5) is 15.2. The molecule has 0 aromatic heterocycles. The number of thiocarbonyl (C=S) groups is 1. The number of benzene rings is 2. The van der Waals surface area contributed by atoms with E-state index in [1.165, 1.54) is 22.9 Å². The molecule has 1 heterocycles. The van der Waals surface area contributed by atoms with E-state index < -0.39 is 0 Å². The standard InChI is InChI=1S/C21H21NOS2/c1-13(2)17-8-6-16(7-9-17)12-19-20(23)22(21(24)25-19)18-10-5-14(3)11-15(18)4/h5-13H,1-4H3/b19-12-. The Morgan fingerprint density at radius 3 is 2.36 bits per heavy atom. The van der Waals surface area contributed by atoms with E-state index in [2.05, 4.69) is 44.2 Å². The van der Waals surface area contributed by atoms with Gasteiger partial charge >= 0.3 is 0 Å². The third kappa shape index (κ3) is 3.70. The molecule has 1 aliphatic rings. The number of amides is 1. The first-order valence-corrected chi connectivity index (χ1v) is 9.54. The smallest absolute Gasteiger partial charge is 0.268 e. The first kappa shape index (κ1) is 17.9. The van der Waals surface area contributed by atoms with Gasteiger partial charge in [-0.3, -0.25) is 9.69 Å². The Morgan fingerprint density at radius 2 is 1.76 bits per heavy atom. The number of carbonyl (C=O) groups excluding carboxylic acids is 1. The monoisotopic (exact) mass is 367 g/mol. The topological polar surface area (TPSA) is 20.3 Å². The summed E-state index contributed by atoms with van der Waals surface area (Å²) in [5, 5.41) is 0. The van der Waals surface area contributed by atoms with Gasteiger partial charge in [0.1, 0.15) is 0 Å². The molecule has 1 aliphatic heterocycles. The van der Waals surface area contributed by atoms with Gasteiger partial charge in [0, 0.05) is 0 Å². The lowest BCUT2D eigenvalue weighted by Gasteiger charge is -2.17. The Hall–Kier alpha value is -1.91. The number of anilines is 1. The third-order valence-corrected chi connectivity index (χ3v) is 5.59. The van der Waals surface area contributed by atoms with Gasteiger partial charge in [0.05, 0.1) is 10.6 Å². The maximum Gasteiger partial charge on any atom is 0.270 e. The zero-order chi connectivity index (χ0) is 18.1. The van der Waals surface area contributed by atoms with Crippen LogP contribution in [0.4, 0.5) is 5.69 Å². The number of carbonyl (C=O) groups is 1. The number of nitrogens with zero attached hydrogens (tertiary/aromatic N) is 1. The maximum atomic E-state index is 12.9. The van der Waals surface area contributed by atoms with Crippen molar-refractivity contribution in [2.24, 2.45) is 0 Å². The molecule has 0 N–H and O–H groups in total. The highest BCUT2D eigenvalue weighted by Gasteiger charge is 2.33. The minimum Gasteiger partial charge on any atom is -0.268 e. The van der Waals surface area contributed by atoms with Crippen molar-refractivity contribution in [2.45, 2.75) is 33.6 Å². The highest BCUT2D eigenvalue weighted by atomic mass is 32.2. The summed E-state index contributed by atoms with van der Waals surface area (Å²) >= 11 is 6.83. The fraction of sp³-hybridized carbons (Fsp3) is 0.238. The number of aryl methyl sites for hydroxylation is 2. The third-order valence-electron chi connectivity index (χ3n) is 4.29. The van der Waals surface area contributed by atoms with Gasteiger partial charge < -0.3 is 0 Å². The summed E-state index contributed by atoms with van der Waals surface area (Å²) in [6, 6.07) is 14.4. The van der Waals surface area contributed by atoms with Crippen LogP contribution in [0.25, 0.3) is 6.08 Å². The fourth-order valence-electron chi connectivity index (χ4n) is 2.86. The van der Waals surface area contributed by atoms with Crippen LogP contribution in [0.1, 0.15) is 42.0 Å². The van der Waals surface area contributed by atoms with Crippen LogP contribution in [0.2, 0.25) is 0 Å². The average Bonchev–Trinajstić information content (AvgIpc) is 2.82. The molecule has 1 amide bonds. The van der Waals surface area contributed by atoms with Crippen molar-refractivity contribution >= 4 is 46.0 Å². The zero-order valence-electron chi connectivity index (χ0n) is 14.9. The van der Waals surface area contributed by atoms with Gasteiger partial charge in [0.2, 0.25) is 0 Å². The summed E-state index contributed by atoms with van der Waals surface area (Å²) in [7, 11) is 0. The Kier molecular flexibility index (Phi) is 5.11. The Labute approximate surface area is 158 Å². The summed E-state index contributed by atoms with van der Waals surface area (Å²) in [6.45, 7) is 8.39. The molecule has 25 heavy (non-hydrogen) atoms. The highest BCUT2D eigenvalue weighted by Crippen LogP contribution is 2.37. The van der Waals surface area contributed by atoms with E-state index >= 15 is 0 Å². The van der Waals surface area contributed by atoms with Crippen LogP contribution in [0.5, 0.6) is 0 Å². The highest BCUT2D eigenvalue weighted by molar-refractivity contribution is 8.27. The molecule has 0 radical (unpaired) electrons. The van der Waals surface area contributed by atoms with Gasteiger partial charge in [-0.1, -0.05) is 79.8 Å². The molecule has 3 rings (SSSR count). The van der Waals surface area contributed by atoms with Gasteiger partial charge in [-0.15, -0.1) is 0 Å². The molecule has 128 valence electrons. The van der Waals surface area contributed by atoms with Crippen molar-refractivity contribution in [3.63, 3.8) is 0 Å². The second-order valence-electron chi connectivity index (χ2n) is 6.63. The van der Waals surface area contributed by atoms with Crippen LogP contribution in [-0.4, -0.2) is 10.2 Å². The molecule has 2 aromatic carbocycles. The van der Waals surface area contributed by atoms with E-state index in [-0.39, 0.29) is 5.91 Å². The lowest BCUT2D eigenvalue weighted by molar-refractivity contribution is -0.113. The van der Waals surface area contributed by atoms with E-state index in [4.69, 9.17) is 12.2 Å². The molecule has 0 atom stereocenters. The van der Waals surface area contributed by atoms with Gasteiger partial charge in [-0.05, 0) is 48.6 Å². The lowest BCUT2D eigenvalue weighted by atomic mass is 10.0. The van der Waals surface area contributed by atoms with E-state index in [0.29, 0.717) is 15.1 Å². The van der Waals surface area contributed by atoms with Gasteiger partial charge in [-0.2, -0.15) is 0 Å². The van der Waals surface area contributed by atoms with Crippen molar-refractivity contribution in [3.05, 3.63) is 69.6 Å². The lowest BCUT2D eigenvalue weighted by Crippen LogP contribution is -2.28. The minimum absolute atomic E-state index is 0.0464. The van der Waals surface area contributed by atoms with Crippen LogP contribution in [0.3, 0.4) is 0 Å². The first-order valence-electron chi connectivity index (χ1n) is 8.32. The summed E-state index contributed by atoms with van der Waals surface area (Å²) in [5.74, 6) is 0.451. The molecule has 0 unspecified atom stereocenters. The van der Waals surface area contributed by atoms with Crippen LogP contribution in [0, 0.1) is 13.8 Å². The van der Waals surface area contributed by atoms with Crippen molar-refractivity contribution in [1.29, 1.82) is 0 Å². The second kappa shape index (κ2) is 7.14. The summed E-state index contributed by atoms with van der Waals surface area (Å²) < 4.78 is 0.585. The minimum atomic E-state index is -0.0464. The Balaban J connectivity index is 1.90. The molecule has 1 fully saturated rings. The molecule has 0 saturated carbocycles. The van der Waals surface area contributed by atoms with E-state index in [9.17, 15) is 4.79 Å². The Bertz CT molecular complexity index is 866. The normalized spacial score (nSPS) is 16.4. The van der Waals surface area contributed by atoms with E-state index in [1.807, 2.05) is 32.1 Å². The fourth-order valence-corrected chi connectivity index (χ4v) is 4.15. The van der Waals surface area contributed by atoms with Crippen molar-refractivity contribution in [3.8, 4) is 0 Å². The predicted molar refractivity (Wildman–Crippen MR) is 112 cm³/mol.